The second-order valence-corrected chi connectivity index (χ2v) is 7.56. The van der Waals surface area contributed by atoms with Gasteiger partial charge in [-0.05, 0) is 50.3 Å². The third kappa shape index (κ3) is 4.42. The van der Waals surface area contributed by atoms with Crippen LogP contribution in [0.2, 0.25) is 0 Å². The van der Waals surface area contributed by atoms with Gasteiger partial charge in [0.25, 0.3) is 5.91 Å². The maximum absolute atomic E-state index is 12.6. The van der Waals surface area contributed by atoms with Crippen LogP contribution in [-0.4, -0.2) is 28.4 Å². The molecule has 2 saturated carbocycles. The van der Waals surface area contributed by atoms with E-state index in [1.807, 2.05) is 0 Å². The quantitative estimate of drug-likeness (QED) is 0.727. The average Bonchev–Trinajstić information content (AvgIpc) is 2.60. The molecule has 2 aliphatic rings. The molecule has 6 nitrogen and oxygen atoms in total. The topological polar surface area (TPSA) is 95.5 Å². The number of amides is 2. The molecule has 2 aliphatic carbocycles. The molecule has 1 aromatic rings. The Morgan fingerprint density at radius 3 is 2.42 bits per heavy atom. The number of carbonyl (C=O) groups excluding carboxylic acids is 2. The molecule has 0 atom stereocenters. The number of carboxylic acids is 1. The highest BCUT2D eigenvalue weighted by molar-refractivity contribution is 5.98. The van der Waals surface area contributed by atoms with Crippen molar-refractivity contribution < 1.29 is 19.5 Å². The first-order valence-electron chi connectivity index (χ1n) is 9.43. The minimum absolute atomic E-state index is 0.0172. The van der Waals surface area contributed by atoms with Gasteiger partial charge in [0.2, 0.25) is 5.91 Å². The lowest BCUT2D eigenvalue weighted by atomic mass is 9.74. The summed E-state index contributed by atoms with van der Waals surface area (Å²) in [5, 5.41) is 14.9. The molecule has 2 fully saturated rings. The van der Waals surface area contributed by atoms with E-state index in [-0.39, 0.29) is 24.2 Å². The molecule has 0 aliphatic heterocycles. The Balaban J connectivity index is 1.63. The summed E-state index contributed by atoms with van der Waals surface area (Å²) in [6.45, 7) is 0. The van der Waals surface area contributed by atoms with Crippen molar-refractivity contribution in [3.63, 3.8) is 0 Å². The van der Waals surface area contributed by atoms with Gasteiger partial charge in [-0.2, -0.15) is 0 Å². The van der Waals surface area contributed by atoms with E-state index in [0.29, 0.717) is 24.1 Å². The van der Waals surface area contributed by atoms with Crippen LogP contribution in [-0.2, 0) is 9.59 Å². The highest BCUT2D eigenvalue weighted by atomic mass is 16.4. The zero-order chi connectivity index (χ0) is 18.6. The largest absolute Gasteiger partial charge is 0.481 e. The van der Waals surface area contributed by atoms with Crippen molar-refractivity contribution in [3.05, 3.63) is 29.8 Å². The molecule has 0 bridgehead atoms. The van der Waals surface area contributed by atoms with Crippen LogP contribution in [0, 0.1) is 5.92 Å². The second-order valence-electron chi connectivity index (χ2n) is 7.56. The summed E-state index contributed by atoms with van der Waals surface area (Å²) in [4.78, 5) is 36.0. The zero-order valence-corrected chi connectivity index (χ0v) is 14.9. The van der Waals surface area contributed by atoms with E-state index in [1.54, 1.807) is 24.3 Å². The number of anilines is 1. The van der Waals surface area contributed by atoms with E-state index in [1.165, 1.54) is 6.42 Å². The summed E-state index contributed by atoms with van der Waals surface area (Å²) in [5.41, 5.74) is 0.404. The lowest BCUT2D eigenvalue weighted by Gasteiger charge is -2.41. The van der Waals surface area contributed by atoms with Gasteiger partial charge >= 0.3 is 5.97 Å². The molecular weight excluding hydrogens is 332 g/mol. The minimum Gasteiger partial charge on any atom is -0.481 e. The molecule has 3 rings (SSSR count). The van der Waals surface area contributed by atoms with Crippen molar-refractivity contribution in [2.45, 2.75) is 63.3 Å². The summed E-state index contributed by atoms with van der Waals surface area (Å²) in [6, 6.07) is 6.84. The van der Waals surface area contributed by atoms with Crippen molar-refractivity contribution in [2.75, 3.05) is 5.32 Å². The lowest BCUT2D eigenvalue weighted by molar-refractivity contribution is -0.139. The predicted molar refractivity (Wildman–Crippen MR) is 97.9 cm³/mol. The highest BCUT2D eigenvalue weighted by Crippen LogP contribution is 2.35. The summed E-state index contributed by atoms with van der Waals surface area (Å²) in [7, 11) is 0. The summed E-state index contributed by atoms with van der Waals surface area (Å²) in [5.74, 6) is -1.13. The zero-order valence-electron chi connectivity index (χ0n) is 14.9. The van der Waals surface area contributed by atoms with Gasteiger partial charge in [0.1, 0.15) is 0 Å². The third-order valence-corrected chi connectivity index (χ3v) is 5.55. The number of carbonyl (C=O) groups is 3. The van der Waals surface area contributed by atoms with Gasteiger partial charge in [0.15, 0.2) is 0 Å². The fraction of sp³-hybridized carbons (Fsp3) is 0.550. The van der Waals surface area contributed by atoms with E-state index >= 15 is 0 Å². The number of aliphatic carboxylic acids is 1. The molecule has 140 valence electrons. The number of hydrogen-bond donors (Lipinski definition) is 3. The maximum Gasteiger partial charge on any atom is 0.305 e. The van der Waals surface area contributed by atoms with Crippen molar-refractivity contribution >= 4 is 23.5 Å². The van der Waals surface area contributed by atoms with Crippen molar-refractivity contribution in [1.82, 2.24) is 5.32 Å². The highest BCUT2D eigenvalue weighted by Gasteiger charge is 2.40. The van der Waals surface area contributed by atoms with Crippen LogP contribution < -0.4 is 10.6 Å². The van der Waals surface area contributed by atoms with Gasteiger partial charge in [-0.1, -0.05) is 25.3 Å². The molecule has 6 heteroatoms. The number of carboxylic acid groups (broad SMARTS) is 1. The van der Waals surface area contributed by atoms with Gasteiger partial charge in [-0.15, -0.1) is 0 Å². The first-order chi connectivity index (χ1) is 12.5. The van der Waals surface area contributed by atoms with E-state index in [0.717, 1.165) is 32.1 Å². The van der Waals surface area contributed by atoms with Gasteiger partial charge in [0, 0.05) is 17.2 Å². The standard InChI is InChI=1S/C20H26N2O4/c23-17(24)13-20(10-5-11-20)22-19(26)15-8-4-9-16(12-15)21-18(25)14-6-2-1-3-7-14/h4,8-9,12,14H,1-3,5-7,10-11,13H2,(H,21,25)(H,22,26)(H,23,24). The number of hydrogen-bond acceptors (Lipinski definition) is 3. The first-order valence-corrected chi connectivity index (χ1v) is 9.43. The summed E-state index contributed by atoms with van der Waals surface area (Å²) >= 11 is 0. The predicted octanol–water partition coefficient (Wildman–Crippen LogP) is 3.33. The van der Waals surface area contributed by atoms with Crippen molar-refractivity contribution in [3.8, 4) is 0 Å². The first kappa shape index (κ1) is 18.4. The van der Waals surface area contributed by atoms with Crippen molar-refractivity contribution in [2.24, 2.45) is 5.92 Å². The fourth-order valence-corrected chi connectivity index (χ4v) is 3.90. The van der Waals surface area contributed by atoms with E-state index < -0.39 is 11.5 Å². The molecule has 0 unspecified atom stereocenters. The summed E-state index contributed by atoms with van der Waals surface area (Å²) in [6.07, 6.45) is 7.44. The monoisotopic (exact) mass is 358 g/mol. The number of benzene rings is 1. The van der Waals surface area contributed by atoms with E-state index in [9.17, 15) is 14.4 Å². The fourth-order valence-electron chi connectivity index (χ4n) is 3.90. The third-order valence-electron chi connectivity index (χ3n) is 5.55. The van der Waals surface area contributed by atoms with Crippen LogP contribution in [0.25, 0.3) is 0 Å². The van der Waals surface area contributed by atoms with Gasteiger partial charge in [-0.3, -0.25) is 14.4 Å². The van der Waals surface area contributed by atoms with E-state index in [4.69, 9.17) is 5.11 Å². The summed E-state index contributed by atoms with van der Waals surface area (Å²) < 4.78 is 0. The van der Waals surface area contributed by atoms with Gasteiger partial charge < -0.3 is 15.7 Å². The Bertz CT molecular complexity index is 691. The molecule has 1 aromatic carbocycles. The second kappa shape index (κ2) is 7.89. The Hall–Kier alpha value is -2.37. The van der Waals surface area contributed by atoms with Gasteiger partial charge in [0.05, 0.1) is 12.0 Å². The van der Waals surface area contributed by atoms with Crippen LogP contribution in [0.3, 0.4) is 0 Å². The minimum atomic E-state index is -0.904. The smallest absolute Gasteiger partial charge is 0.305 e. The van der Waals surface area contributed by atoms with Crippen LogP contribution in [0.15, 0.2) is 24.3 Å². The molecule has 0 saturated heterocycles. The Morgan fingerprint density at radius 2 is 1.81 bits per heavy atom. The van der Waals surface area contributed by atoms with Gasteiger partial charge in [-0.25, -0.2) is 0 Å². The SMILES string of the molecule is O=C(O)CC1(NC(=O)c2cccc(NC(=O)C3CCCCC3)c2)CCC1. The Labute approximate surface area is 153 Å². The molecule has 0 aromatic heterocycles. The Morgan fingerprint density at radius 1 is 1.08 bits per heavy atom. The molecule has 3 N–H and O–H groups in total. The maximum atomic E-state index is 12.6. The van der Waals surface area contributed by atoms with Crippen LogP contribution in [0.1, 0.15) is 68.1 Å². The Kier molecular flexibility index (Phi) is 5.59. The molecule has 2 amide bonds. The lowest BCUT2D eigenvalue weighted by Crippen LogP contribution is -2.54. The van der Waals surface area contributed by atoms with Crippen LogP contribution >= 0.6 is 0 Å². The van der Waals surface area contributed by atoms with Crippen molar-refractivity contribution in [1.29, 1.82) is 0 Å². The number of nitrogens with one attached hydrogen (secondary N) is 2. The molecular formula is C20H26N2O4. The molecule has 26 heavy (non-hydrogen) atoms. The normalized spacial score (nSPS) is 19.2. The number of rotatable bonds is 6. The molecule has 0 spiro atoms. The molecule has 0 heterocycles. The molecule has 0 radical (unpaired) electrons. The van der Waals surface area contributed by atoms with Crippen LogP contribution in [0.4, 0.5) is 5.69 Å². The van der Waals surface area contributed by atoms with Crippen LogP contribution in [0.5, 0.6) is 0 Å². The van der Waals surface area contributed by atoms with E-state index in [2.05, 4.69) is 10.6 Å². The average molecular weight is 358 g/mol.